The van der Waals surface area contributed by atoms with Gasteiger partial charge in [-0.05, 0) is 66.9 Å². The summed E-state index contributed by atoms with van der Waals surface area (Å²) in [5, 5.41) is 11.5. The van der Waals surface area contributed by atoms with Gasteiger partial charge in [-0.3, -0.25) is 9.69 Å². The van der Waals surface area contributed by atoms with Crippen molar-refractivity contribution in [1.29, 1.82) is 0 Å². The van der Waals surface area contributed by atoms with Crippen molar-refractivity contribution in [3.63, 3.8) is 0 Å². The lowest BCUT2D eigenvalue weighted by atomic mass is 10.1. The van der Waals surface area contributed by atoms with Crippen LogP contribution < -0.4 is 5.32 Å². The third kappa shape index (κ3) is 4.55. The van der Waals surface area contributed by atoms with Crippen molar-refractivity contribution in [2.24, 2.45) is 0 Å². The SMILES string of the molecule is O=C(NCc1ccccc1CN1CCCC1)c1ccc(Cn2nnc3ccccc32)cc1. The van der Waals surface area contributed by atoms with Gasteiger partial charge < -0.3 is 5.32 Å². The van der Waals surface area contributed by atoms with Gasteiger partial charge in [-0.25, -0.2) is 4.68 Å². The highest BCUT2D eigenvalue weighted by Gasteiger charge is 2.14. The maximum Gasteiger partial charge on any atom is 0.251 e. The van der Waals surface area contributed by atoms with Gasteiger partial charge in [0, 0.05) is 18.7 Å². The molecule has 0 atom stereocenters. The quantitative estimate of drug-likeness (QED) is 0.486. The molecule has 1 saturated heterocycles. The topological polar surface area (TPSA) is 63.1 Å². The number of nitrogens with zero attached hydrogens (tertiary/aromatic N) is 4. The van der Waals surface area contributed by atoms with Crippen LogP contribution in [0.2, 0.25) is 0 Å². The molecular weight excluding hydrogens is 398 g/mol. The standard InChI is InChI=1S/C26H27N5O/c32-26(27-17-22-7-1-2-8-23(22)19-30-15-5-6-16-30)21-13-11-20(12-14-21)18-31-25-10-4-3-9-24(25)28-29-31/h1-4,7-14H,5-6,15-19H2,(H,27,32). The van der Waals surface area contributed by atoms with E-state index in [1.165, 1.54) is 24.0 Å². The fraction of sp³-hybridized carbons (Fsp3) is 0.269. The molecule has 1 N–H and O–H groups in total. The molecule has 32 heavy (non-hydrogen) atoms. The lowest BCUT2D eigenvalue weighted by molar-refractivity contribution is 0.0950. The summed E-state index contributed by atoms with van der Waals surface area (Å²) in [4.78, 5) is 15.2. The average Bonchev–Trinajstić information content (AvgIpc) is 3.49. The number of amides is 1. The van der Waals surface area contributed by atoms with E-state index in [-0.39, 0.29) is 5.91 Å². The molecule has 0 radical (unpaired) electrons. The number of carbonyl (C=O) groups excluding carboxylic acids is 1. The number of para-hydroxylation sites is 1. The van der Waals surface area contributed by atoms with Crippen LogP contribution >= 0.6 is 0 Å². The van der Waals surface area contributed by atoms with E-state index in [9.17, 15) is 4.79 Å². The summed E-state index contributed by atoms with van der Waals surface area (Å²) in [7, 11) is 0. The van der Waals surface area contributed by atoms with Crippen molar-refractivity contribution >= 4 is 16.9 Å². The first-order valence-electron chi connectivity index (χ1n) is 11.2. The zero-order valence-electron chi connectivity index (χ0n) is 18.1. The molecule has 162 valence electrons. The van der Waals surface area contributed by atoms with E-state index < -0.39 is 0 Å². The van der Waals surface area contributed by atoms with Crippen LogP contribution in [0.4, 0.5) is 0 Å². The molecule has 0 spiro atoms. The van der Waals surface area contributed by atoms with Gasteiger partial charge in [0.1, 0.15) is 5.52 Å². The van der Waals surface area contributed by atoms with E-state index in [4.69, 9.17) is 0 Å². The molecule has 2 heterocycles. The largest absolute Gasteiger partial charge is 0.348 e. The Morgan fingerprint density at radius 1 is 0.844 bits per heavy atom. The summed E-state index contributed by atoms with van der Waals surface area (Å²) in [5.41, 5.74) is 6.10. The summed E-state index contributed by atoms with van der Waals surface area (Å²) in [6, 6.07) is 24.0. The van der Waals surface area contributed by atoms with E-state index in [1.807, 2.05) is 59.3 Å². The smallest absolute Gasteiger partial charge is 0.251 e. The van der Waals surface area contributed by atoms with E-state index in [0.29, 0.717) is 18.7 Å². The number of likely N-dealkylation sites (tertiary alicyclic amines) is 1. The Kier molecular flexibility index (Phi) is 5.94. The number of aromatic nitrogens is 3. The Labute approximate surface area is 187 Å². The highest BCUT2D eigenvalue weighted by molar-refractivity contribution is 5.94. The van der Waals surface area contributed by atoms with Crippen molar-refractivity contribution in [3.05, 3.63) is 95.1 Å². The molecule has 6 heteroatoms. The summed E-state index contributed by atoms with van der Waals surface area (Å²) < 4.78 is 1.88. The van der Waals surface area contributed by atoms with E-state index in [0.717, 1.165) is 36.2 Å². The number of carbonyl (C=O) groups is 1. The van der Waals surface area contributed by atoms with Crippen LogP contribution in [0.5, 0.6) is 0 Å². The van der Waals surface area contributed by atoms with Gasteiger partial charge >= 0.3 is 0 Å². The van der Waals surface area contributed by atoms with Gasteiger partial charge in [0.25, 0.3) is 5.91 Å². The van der Waals surface area contributed by atoms with Crippen LogP contribution in [0.25, 0.3) is 11.0 Å². The Bertz CT molecular complexity index is 1210. The Balaban J connectivity index is 1.21. The molecule has 6 nitrogen and oxygen atoms in total. The highest BCUT2D eigenvalue weighted by Crippen LogP contribution is 2.17. The number of nitrogens with one attached hydrogen (secondary N) is 1. The van der Waals surface area contributed by atoms with Gasteiger partial charge in [-0.1, -0.05) is 53.7 Å². The Hall–Kier alpha value is -3.51. The molecule has 1 aromatic heterocycles. The molecule has 1 amide bonds. The lowest BCUT2D eigenvalue weighted by Crippen LogP contribution is -2.25. The Morgan fingerprint density at radius 2 is 1.56 bits per heavy atom. The van der Waals surface area contributed by atoms with Crippen molar-refractivity contribution in [3.8, 4) is 0 Å². The molecule has 0 unspecified atom stereocenters. The third-order valence-corrected chi connectivity index (χ3v) is 6.12. The molecule has 5 rings (SSSR count). The monoisotopic (exact) mass is 425 g/mol. The summed E-state index contributed by atoms with van der Waals surface area (Å²) in [5.74, 6) is -0.0567. The molecule has 0 bridgehead atoms. The summed E-state index contributed by atoms with van der Waals surface area (Å²) >= 11 is 0. The lowest BCUT2D eigenvalue weighted by Gasteiger charge is -2.17. The van der Waals surface area contributed by atoms with Gasteiger partial charge in [0.05, 0.1) is 12.1 Å². The summed E-state index contributed by atoms with van der Waals surface area (Å²) in [6.07, 6.45) is 2.56. The summed E-state index contributed by atoms with van der Waals surface area (Å²) in [6.45, 7) is 4.44. The van der Waals surface area contributed by atoms with Gasteiger partial charge in [-0.2, -0.15) is 0 Å². The highest BCUT2D eigenvalue weighted by atomic mass is 16.1. The molecule has 4 aromatic rings. The van der Waals surface area contributed by atoms with Crippen LogP contribution in [0.15, 0.2) is 72.8 Å². The van der Waals surface area contributed by atoms with Crippen LogP contribution in [-0.4, -0.2) is 38.9 Å². The second-order valence-corrected chi connectivity index (χ2v) is 8.37. The van der Waals surface area contributed by atoms with E-state index in [2.05, 4.69) is 38.7 Å². The van der Waals surface area contributed by atoms with Crippen LogP contribution in [0.1, 0.15) is 39.9 Å². The first-order chi connectivity index (χ1) is 15.8. The van der Waals surface area contributed by atoms with Crippen molar-refractivity contribution in [2.75, 3.05) is 13.1 Å². The number of hydrogen-bond donors (Lipinski definition) is 1. The van der Waals surface area contributed by atoms with Crippen LogP contribution in [0.3, 0.4) is 0 Å². The normalized spacial score (nSPS) is 14.1. The third-order valence-electron chi connectivity index (χ3n) is 6.12. The minimum absolute atomic E-state index is 0.0567. The van der Waals surface area contributed by atoms with Gasteiger partial charge in [0.2, 0.25) is 0 Å². The first-order valence-corrected chi connectivity index (χ1v) is 11.2. The van der Waals surface area contributed by atoms with Crippen LogP contribution in [0, 0.1) is 0 Å². The number of fused-ring (bicyclic) bond motifs is 1. The molecule has 1 aliphatic rings. The van der Waals surface area contributed by atoms with E-state index >= 15 is 0 Å². The number of rotatable bonds is 7. The molecule has 0 saturated carbocycles. The molecule has 3 aromatic carbocycles. The van der Waals surface area contributed by atoms with Crippen molar-refractivity contribution < 1.29 is 4.79 Å². The fourth-order valence-corrected chi connectivity index (χ4v) is 4.31. The Morgan fingerprint density at radius 3 is 2.38 bits per heavy atom. The zero-order chi connectivity index (χ0) is 21.8. The number of hydrogen-bond acceptors (Lipinski definition) is 4. The molecule has 0 aliphatic carbocycles. The first kappa shape index (κ1) is 20.4. The van der Waals surface area contributed by atoms with Gasteiger partial charge in [0.15, 0.2) is 0 Å². The van der Waals surface area contributed by atoms with Crippen molar-refractivity contribution in [2.45, 2.75) is 32.5 Å². The van der Waals surface area contributed by atoms with Gasteiger partial charge in [-0.15, -0.1) is 5.10 Å². The predicted molar refractivity (Wildman–Crippen MR) is 125 cm³/mol. The average molecular weight is 426 g/mol. The minimum atomic E-state index is -0.0567. The maximum atomic E-state index is 12.7. The predicted octanol–water partition coefficient (Wildman–Crippen LogP) is 4.01. The maximum absolute atomic E-state index is 12.7. The van der Waals surface area contributed by atoms with Crippen molar-refractivity contribution in [1.82, 2.24) is 25.2 Å². The fourth-order valence-electron chi connectivity index (χ4n) is 4.31. The van der Waals surface area contributed by atoms with E-state index in [1.54, 1.807) is 0 Å². The minimum Gasteiger partial charge on any atom is -0.348 e. The second-order valence-electron chi connectivity index (χ2n) is 8.37. The zero-order valence-corrected chi connectivity index (χ0v) is 18.1. The molecule has 1 aliphatic heterocycles. The second kappa shape index (κ2) is 9.32. The number of benzene rings is 3. The van der Waals surface area contributed by atoms with Crippen LogP contribution in [-0.2, 0) is 19.6 Å². The molecule has 1 fully saturated rings. The molecular formula is C26H27N5O.